The van der Waals surface area contributed by atoms with E-state index in [-0.39, 0.29) is 0 Å². The van der Waals surface area contributed by atoms with Crippen molar-refractivity contribution in [2.24, 2.45) is 0 Å². The van der Waals surface area contributed by atoms with E-state index in [2.05, 4.69) is 35.8 Å². The van der Waals surface area contributed by atoms with Gasteiger partial charge in [-0.1, -0.05) is 31.5 Å². The molecule has 0 unspecified atom stereocenters. The molecule has 0 amide bonds. The van der Waals surface area contributed by atoms with E-state index in [9.17, 15) is 0 Å². The number of rotatable bonds is 4. The van der Waals surface area contributed by atoms with Gasteiger partial charge in [0.15, 0.2) is 0 Å². The number of ether oxygens (including phenoxy) is 1. The van der Waals surface area contributed by atoms with E-state index >= 15 is 0 Å². The highest BCUT2D eigenvalue weighted by molar-refractivity contribution is 6.32. The van der Waals surface area contributed by atoms with E-state index in [1.165, 1.54) is 24.1 Å². The topological polar surface area (TPSA) is 27.1 Å². The lowest BCUT2D eigenvalue weighted by atomic mass is 10.0. The fourth-order valence-electron chi connectivity index (χ4n) is 2.69. The molecule has 0 aliphatic carbocycles. The van der Waals surface area contributed by atoms with E-state index in [0.717, 1.165) is 24.4 Å². The quantitative estimate of drug-likeness (QED) is 0.827. The van der Waals surface area contributed by atoms with Crippen LogP contribution >= 0.6 is 11.6 Å². The predicted molar refractivity (Wildman–Crippen MR) is 85.0 cm³/mol. The Kier molecular flexibility index (Phi) is 4.20. The largest absolute Gasteiger partial charge is 0.486 e. The number of fused-ring (bicyclic) bond motifs is 1. The Bertz CT molecular complexity index is 610. The SMILES string of the molecule is CC(C)c1ccc(OCc2cc3n(n2)CCCC3)c(Cl)c1. The van der Waals surface area contributed by atoms with Crippen LogP contribution < -0.4 is 4.74 Å². The van der Waals surface area contributed by atoms with Crippen LogP contribution in [0.4, 0.5) is 0 Å². The summed E-state index contributed by atoms with van der Waals surface area (Å²) in [4.78, 5) is 0. The lowest BCUT2D eigenvalue weighted by molar-refractivity contribution is 0.299. The minimum Gasteiger partial charge on any atom is -0.486 e. The Morgan fingerprint density at radius 1 is 1.29 bits per heavy atom. The molecule has 2 heterocycles. The van der Waals surface area contributed by atoms with Gasteiger partial charge in [0, 0.05) is 12.2 Å². The summed E-state index contributed by atoms with van der Waals surface area (Å²) in [5.74, 6) is 1.20. The average molecular weight is 305 g/mol. The molecule has 4 heteroatoms. The summed E-state index contributed by atoms with van der Waals surface area (Å²) in [7, 11) is 0. The first-order chi connectivity index (χ1) is 10.1. The Hall–Kier alpha value is -1.48. The number of halogens is 1. The molecule has 0 spiro atoms. The van der Waals surface area contributed by atoms with Gasteiger partial charge < -0.3 is 4.74 Å². The van der Waals surface area contributed by atoms with E-state index in [4.69, 9.17) is 16.3 Å². The maximum Gasteiger partial charge on any atom is 0.138 e. The summed E-state index contributed by atoms with van der Waals surface area (Å²) in [6, 6.07) is 8.16. The normalized spacial score (nSPS) is 14.3. The van der Waals surface area contributed by atoms with E-state index in [0.29, 0.717) is 17.5 Å². The molecule has 3 rings (SSSR count). The average Bonchev–Trinajstić information content (AvgIpc) is 2.88. The number of aryl methyl sites for hydroxylation is 2. The van der Waals surface area contributed by atoms with Gasteiger partial charge in [0.25, 0.3) is 0 Å². The fraction of sp³-hybridized carbons (Fsp3) is 0.471. The van der Waals surface area contributed by atoms with Crippen molar-refractivity contribution in [2.45, 2.75) is 52.2 Å². The summed E-state index contributed by atoms with van der Waals surface area (Å²) < 4.78 is 7.93. The van der Waals surface area contributed by atoms with E-state index in [1.807, 2.05) is 12.1 Å². The molecule has 112 valence electrons. The van der Waals surface area contributed by atoms with Crippen molar-refractivity contribution in [1.29, 1.82) is 0 Å². The number of hydrogen-bond acceptors (Lipinski definition) is 2. The van der Waals surface area contributed by atoms with Gasteiger partial charge >= 0.3 is 0 Å². The van der Waals surface area contributed by atoms with E-state index in [1.54, 1.807) is 0 Å². The molecule has 0 radical (unpaired) electrons. The van der Waals surface area contributed by atoms with Crippen LogP contribution in [0.25, 0.3) is 0 Å². The first kappa shape index (κ1) is 14.5. The maximum absolute atomic E-state index is 6.29. The van der Waals surface area contributed by atoms with Crippen LogP contribution in [-0.2, 0) is 19.6 Å². The summed E-state index contributed by atoms with van der Waals surface area (Å²) in [5, 5.41) is 5.26. The summed E-state index contributed by atoms with van der Waals surface area (Å²) in [5.41, 5.74) is 3.53. The molecule has 2 aromatic rings. The summed E-state index contributed by atoms with van der Waals surface area (Å²) in [6.45, 7) is 5.81. The minimum atomic E-state index is 0.469. The van der Waals surface area contributed by atoms with Crippen molar-refractivity contribution in [2.75, 3.05) is 0 Å². The molecule has 0 fully saturated rings. The number of benzene rings is 1. The summed E-state index contributed by atoms with van der Waals surface area (Å²) >= 11 is 6.29. The molecular weight excluding hydrogens is 284 g/mol. The zero-order valence-corrected chi connectivity index (χ0v) is 13.4. The highest BCUT2D eigenvalue weighted by Gasteiger charge is 2.13. The molecule has 21 heavy (non-hydrogen) atoms. The van der Waals surface area contributed by atoms with Gasteiger partial charge in [-0.05, 0) is 48.9 Å². The molecule has 3 nitrogen and oxygen atoms in total. The predicted octanol–water partition coefficient (Wildman–Crippen LogP) is 4.58. The molecular formula is C17H21ClN2O. The second-order valence-electron chi connectivity index (χ2n) is 5.94. The molecule has 1 aromatic carbocycles. The van der Waals surface area contributed by atoms with Gasteiger partial charge in [0.05, 0.1) is 5.02 Å². The molecule has 0 saturated carbocycles. The van der Waals surface area contributed by atoms with E-state index < -0.39 is 0 Å². The molecule has 1 aromatic heterocycles. The second kappa shape index (κ2) is 6.10. The van der Waals surface area contributed by atoms with Gasteiger partial charge in [0.1, 0.15) is 18.1 Å². The van der Waals surface area contributed by atoms with Gasteiger partial charge in [-0.15, -0.1) is 0 Å². The Morgan fingerprint density at radius 3 is 2.86 bits per heavy atom. The number of hydrogen-bond donors (Lipinski definition) is 0. The van der Waals surface area contributed by atoms with Gasteiger partial charge in [-0.25, -0.2) is 0 Å². The van der Waals surface area contributed by atoms with Crippen LogP contribution in [0.2, 0.25) is 5.02 Å². The third-order valence-electron chi connectivity index (χ3n) is 3.96. The minimum absolute atomic E-state index is 0.469. The molecule has 0 bridgehead atoms. The lowest BCUT2D eigenvalue weighted by Crippen LogP contribution is -2.10. The first-order valence-corrected chi connectivity index (χ1v) is 7.99. The van der Waals surface area contributed by atoms with Crippen LogP contribution in [0.1, 0.15) is 49.6 Å². The zero-order valence-electron chi connectivity index (χ0n) is 12.6. The van der Waals surface area contributed by atoms with Crippen LogP contribution in [-0.4, -0.2) is 9.78 Å². The highest BCUT2D eigenvalue weighted by atomic mass is 35.5. The fourth-order valence-corrected chi connectivity index (χ4v) is 2.94. The van der Waals surface area contributed by atoms with Crippen LogP contribution in [0, 0.1) is 0 Å². The third-order valence-corrected chi connectivity index (χ3v) is 4.26. The maximum atomic E-state index is 6.29. The Balaban J connectivity index is 1.68. The molecule has 1 aliphatic heterocycles. The van der Waals surface area contributed by atoms with Crippen LogP contribution in [0.15, 0.2) is 24.3 Å². The van der Waals surface area contributed by atoms with Gasteiger partial charge in [-0.3, -0.25) is 4.68 Å². The van der Waals surface area contributed by atoms with Gasteiger partial charge in [0.2, 0.25) is 0 Å². The second-order valence-corrected chi connectivity index (χ2v) is 6.35. The van der Waals surface area contributed by atoms with Crippen molar-refractivity contribution in [3.8, 4) is 5.75 Å². The van der Waals surface area contributed by atoms with Crippen LogP contribution in [0.5, 0.6) is 5.75 Å². The molecule has 0 N–H and O–H groups in total. The van der Waals surface area contributed by atoms with Crippen molar-refractivity contribution >= 4 is 11.6 Å². The molecule has 1 aliphatic rings. The standard InChI is InChI=1S/C17H21ClN2O/c1-12(2)13-6-7-17(16(18)9-13)21-11-14-10-15-5-3-4-8-20(15)19-14/h6-7,9-10,12H,3-5,8,11H2,1-2H3. The monoisotopic (exact) mass is 304 g/mol. The smallest absolute Gasteiger partial charge is 0.138 e. The van der Waals surface area contributed by atoms with Crippen LogP contribution in [0.3, 0.4) is 0 Å². The Labute approximate surface area is 130 Å². The third kappa shape index (κ3) is 3.24. The van der Waals surface area contributed by atoms with Crippen molar-refractivity contribution in [3.05, 3.63) is 46.2 Å². The summed E-state index contributed by atoms with van der Waals surface area (Å²) in [6.07, 6.45) is 3.60. The zero-order chi connectivity index (χ0) is 14.8. The number of nitrogens with zero attached hydrogens (tertiary/aromatic N) is 2. The molecule has 0 saturated heterocycles. The van der Waals surface area contributed by atoms with Crippen molar-refractivity contribution in [1.82, 2.24) is 9.78 Å². The number of aromatic nitrogens is 2. The Morgan fingerprint density at radius 2 is 2.14 bits per heavy atom. The highest BCUT2D eigenvalue weighted by Crippen LogP contribution is 2.29. The van der Waals surface area contributed by atoms with Gasteiger partial charge in [-0.2, -0.15) is 5.10 Å². The molecule has 0 atom stereocenters. The lowest BCUT2D eigenvalue weighted by Gasteiger charge is -2.11. The van der Waals surface area contributed by atoms with Crippen molar-refractivity contribution < 1.29 is 4.74 Å². The van der Waals surface area contributed by atoms with Crippen molar-refractivity contribution in [3.63, 3.8) is 0 Å². The first-order valence-electron chi connectivity index (χ1n) is 7.61.